The second-order valence-electron chi connectivity index (χ2n) is 6.20. The van der Waals surface area contributed by atoms with Crippen molar-refractivity contribution in [2.75, 3.05) is 44.2 Å². The summed E-state index contributed by atoms with van der Waals surface area (Å²) in [5, 5.41) is 2.94. The number of anilines is 1. The van der Waals surface area contributed by atoms with Crippen molar-refractivity contribution < 1.29 is 4.79 Å². The van der Waals surface area contributed by atoms with Crippen LogP contribution in [0.25, 0.3) is 0 Å². The Bertz CT molecular complexity index is 463. The fourth-order valence-corrected chi connectivity index (χ4v) is 2.96. The first kappa shape index (κ1) is 20.7. The van der Waals surface area contributed by atoms with Crippen molar-refractivity contribution in [1.29, 1.82) is 0 Å². The Balaban J connectivity index is 0.00000288. The summed E-state index contributed by atoms with van der Waals surface area (Å²) < 4.78 is 0. The zero-order chi connectivity index (χ0) is 16.5. The highest BCUT2D eigenvalue weighted by Crippen LogP contribution is 2.15. The first-order chi connectivity index (χ1) is 11.2. The van der Waals surface area contributed by atoms with Gasteiger partial charge in [0.25, 0.3) is 0 Å². The van der Waals surface area contributed by atoms with Crippen LogP contribution in [0.5, 0.6) is 0 Å². The van der Waals surface area contributed by atoms with Gasteiger partial charge in [-0.05, 0) is 31.5 Å². The minimum atomic E-state index is -0.352. The third-order valence-corrected chi connectivity index (χ3v) is 4.38. The summed E-state index contributed by atoms with van der Waals surface area (Å²) in [4.78, 5) is 16.6. The smallest absolute Gasteiger partial charge is 0.236 e. The number of hydrogen-bond acceptors (Lipinski definition) is 4. The molecule has 2 rings (SSSR count). The van der Waals surface area contributed by atoms with Crippen molar-refractivity contribution in [3.8, 4) is 0 Å². The van der Waals surface area contributed by atoms with Crippen molar-refractivity contribution in [2.24, 2.45) is 5.73 Å². The lowest BCUT2D eigenvalue weighted by Gasteiger charge is -2.36. The molecule has 0 spiro atoms. The van der Waals surface area contributed by atoms with E-state index in [1.807, 2.05) is 6.92 Å². The van der Waals surface area contributed by atoms with Crippen LogP contribution in [0.2, 0.25) is 0 Å². The number of amides is 1. The predicted molar refractivity (Wildman–Crippen MR) is 103 cm³/mol. The van der Waals surface area contributed by atoms with E-state index in [2.05, 4.69) is 45.4 Å². The standard InChI is InChI=1S/C18H30N4O.ClH/c1-2-7-17(19)18(23)20-10-6-11-21-12-14-22(15-13-21)16-8-4-3-5-9-16;/h3-5,8-9,17H,2,6-7,10-15,19H2,1H3,(H,20,23);1H. The average molecular weight is 355 g/mol. The second kappa shape index (κ2) is 11.3. The number of nitrogens with zero attached hydrogens (tertiary/aromatic N) is 2. The van der Waals surface area contributed by atoms with Gasteiger partial charge in [-0.1, -0.05) is 31.5 Å². The van der Waals surface area contributed by atoms with E-state index < -0.39 is 0 Å². The first-order valence-electron chi connectivity index (χ1n) is 8.76. The molecule has 1 fully saturated rings. The van der Waals surface area contributed by atoms with Crippen LogP contribution in [-0.2, 0) is 4.79 Å². The quantitative estimate of drug-likeness (QED) is 0.699. The second-order valence-corrected chi connectivity index (χ2v) is 6.20. The maximum atomic E-state index is 11.7. The van der Waals surface area contributed by atoms with Gasteiger partial charge in [-0.25, -0.2) is 0 Å². The summed E-state index contributed by atoms with van der Waals surface area (Å²) in [6, 6.07) is 10.2. The SMILES string of the molecule is CCCC(N)C(=O)NCCCN1CCN(c2ccccc2)CC1.Cl. The van der Waals surface area contributed by atoms with Gasteiger partial charge in [-0.2, -0.15) is 0 Å². The lowest BCUT2D eigenvalue weighted by atomic mass is 10.1. The molecule has 6 heteroatoms. The van der Waals surface area contributed by atoms with Crippen LogP contribution in [0.1, 0.15) is 26.2 Å². The minimum Gasteiger partial charge on any atom is -0.369 e. The van der Waals surface area contributed by atoms with Crippen molar-refractivity contribution in [2.45, 2.75) is 32.2 Å². The van der Waals surface area contributed by atoms with Crippen LogP contribution in [-0.4, -0.2) is 56.1 Å². The van der Waals surface area contributed by atoms with Crippen molar-refractivity contribution in [3.05, 3.63) is 30.3 Å². The fourth-order valence-electron chi connectivity index (χ4n) is 2.96. The van der Waals surface area contributed by atoms with Crippen LogP contribution in [0, 0.1) is 0 Å². The van der Waals surface area contributed by atoms with Crippen molar-refractivity contribution in [1.82, 2.24) is 10.2 Å². The molecule has 1 atom stereocenters. The topological polar surface area (TPSA) is 61.6 Å². The number of piperazine rings is 1. The zero-order valence-corrected chi connectivity index (χ0v) is 15.4. The minimum absolute atomic E-state index is 0. The number of carbonyl (C=O) groups excluding carboxylic acids is 1. The number of nitrogens with one attached hydrogen (secondary N) is 1. The lowest BCUT2D eigenvalue weighted by molar-refractivity contribution is -0.122. The molecule has 0 aromatic heterocycles. The molecule has 5 nitrogen and oxygen atoms in total. The molecule has 0 saturated carbocycles. The van der Waals surface area contributed by atoms with E-state index in [0.29, 0.717) is 0 Å². The van der Waals surface area contributed by atoms with Crippen molar-refractivity contribution >= 4 is 24.0 Å². The highest BCUT2D eigenvalue weighted by Gasteiger charge is 2.17. The third kappa shape index (κ3) is 6.67. The van der Waals surface area contributed by atoms with Gasteiger partial charge < -0.3 is 16.0 Å². The van der Waals surface area contributed by atoms with E-state index in [1.165, 1.54) is 5.69 Å². The number of para-hydroxylation sites is 1. The van der Waals surface area contributed by atoms with Crippen LogP contribution >= 0.6 is 12.4 Å². The van der Waals surface area contributed by atoms with Crippen LogP contribution < -0.4 is 16.0 Å². The predicted octanol–water partition coefficient (Wildman–Crippen LogP) is 1.86. The van der Waals surface area contributed by atoms with E-state index in [-0.39, 0.29) is 24.4 Å². The van der Waals surface area contributed by atoms with Gasteiger partial charge in [0.05, 0.1) is 6.04 Å². The normalized spacial score (nSPS) is 16.3. The third-order valence-electron chi connectivity index (χ3n) is 4.38. The highest BCUT2D eigenvalue weighted by molar-refractivity contribution is 5.85. The molecule has 1 aromatic rings. The molecule has 3 N–H and O–H groups in total. The molecule has 1 aliphatic heterocycles. The van der Waals surface area contributed by atoms with Gasteiger partial charge in [0.15, 0.2) is 0 Å². The summed E-state index contributed by atoms with van der Waals surface area (Å²) >= 11 is 0. The summed E-state index contributed by atoms with van der Waals surface area (Å²) in [6.45, 7) is 8.09. The number of benzene rings is 1. The van der Waals surface area contributed by atoms with Gasteiger partial charge in [0.1, 0.15) is 0 Å². The number of carbonyl (C=O) groups is 1. The van der Waals surface area contributed by atoms with E-state index >= 15 is 0 Å². The Hall–Kier alpha value is -1.30. The van der Waals surface area contributed by atoms with Gasteiger partial charge >= 0.3 is 0 Å². The number of hydrogen-bond donors (Lipinski definition) is 2. The average Bonchev–Trinajstić information content (AvgIpc) is 2.60. The molecular weight excluding hydrogens is 324 g/mol. The molecule has 0 aliphatic carbocycles. The molecule has 1 heterocycles. The van der Waals surface area contributed by atoms with Gasteiger partial charge in [0.2, 0.25) is 5.91 Å². The Morgan fingerprint density at radius 3 is 2.50 bits per heavy atom. The van der Waals surface area contributed by atoms with E-state index in [1.54, 1.807) is 0 Å². The van der Waals surface area contributed by atoms with Crippen LogP contribution in [0.15, 0.2) is 30.3 Å². The van der Waals surface area contributed by atoms with Crippen LogP contribution in [0.3, 0.4) is 0 Å². The fraction of sp³-hybridized carbons (Fsp3) is 0.611. The molecule has 1 unspecified atom stereocenters. The molecule has 1 aliphatic rings. The molecule has 1 aromatic carbocycles. The number of rotatable bonds is 8. The lowest BCUT2D eigenvalue weighted by Crippen LogP contribution is -2.47. The Kier molecular flexibility index (Phi) is 9.76. The van der Waals surface area contributed by atoms with E-state index in [4.69, 9.17) is 5.73 Å². The molecule has 24 heavy (non-hydrogen) atoms. The highest BCUT2D eigenvalue weighted by atomic mass is 35.5. The number of halogens is 1. The monoisotopic (exact) mass is 354 g/mol. The maximum Gasteiger partial charge on any atom is 0.236 e. The van der Waals surface area contributed by atoms with Crippen LogP contribution in [0.4, 0.5) is 5.69 Å². The zero-order valence-electron chi connectivity index (χ0n) is 14.6. The Morgan fingerprint density at radius 2 is 1.88 bits per heavy atom. The van der Waals surface area contributed by atoms with Gasteiger partial charge in [-0.15, -0.1) is 12.4 Å². The van der Waals surface area contributed by atoms with Crippen molar-refractivity contribution in [3.63, 3.8) is 0 Å². The molecule has 0 radical (unpaired) electrons. The largest absolute Gasteiger partial charge is 0.369 e. The molecule has 1 amide bonds. The molecule has 0 bridgehead atoms. The Labute approximate surface area is 152 Å². The number of nitrogens with two attached hydrogens (primary N) is 1. The van der Waals surface area contributed by atoms with E-state index in [9.17, 15) is 4.79 Å². The molecule has 136 valence electrons. The van der Waals surface area contributed by atoms with Gasteiger partial charge in [-0.3, -0.25) is 9.69 Å². The Morgan fingerprint density at radius 1 is 1.21 bits per heavy atom. The summed E-state index contributed by atoms with van der Waals surface area (Å²) in [6.07, 6.45) is 2.68. The summed E-state index contributed by atoms with van der Waals surface area (Å²) in [5.74, 6) is -0.0132. The summed E-state index contributed by atoms with van der Waals surface area (Å²) in [5.41, 5.74) is 7.10. The maximum absolute atomic E-state index is 11.7. The summed E-state index contributed by atoms with van der Waals surface area (Å²) in [7, 11) is 0. The van der Waals surface area contributed by atoms with Gasteiger partial charge in [0, 0.05) is 38.4 Å². The first-order valence-corrected chi connectivity index (χ1v) is 8.76. The van der Waals surface area contributed by atoms with E-state index in [0.717, 1.165) is 58.5 Å². The molecule has 1 saturated heterocycles. The molecular formula is C18H31ClN4O.